The predicted molar refractivity (Wildman–Crippen MR) is 131 cm³/mol. The molecule has 0 spiro atoms. The van der Waals surface area contributed by atoms with Crippen LogP contribution in [-0.4, -0.2) is 60.7 Å². The number of rotatable bonds is 9. The fourth-order valence-corrected chi connectivity index (χ4v) is 5.14. The van der Waals surface area contributed by atoms with Crippen LogP contribution in [0.3, 0.4) is 0 Å². The third-order valence-electron chi connectivity index (χ3n) is 6.85. The van der Waals surface area contributed by atoms with Crippen molar-refractivity contribution in [3.8, 4) is 5.75 Å². The van der Waals surface area contributed by atoms with E-state index in [4.69, 9.17) is 16.3 Å². The van der Waals surface area contributed by atoms with E-state index in [9.17, 15) is 4.79 Å². The van der Waals surface area contributed by atoms with Gasteiger partial charge in [-0.25, -0.2) is 4.98 Å². The average molecular weight is 469 g/mol. The Bertz CT molecular complexity index is 947. The molecule has 5 rings (SSSR count). The smallest absolute Gasteiger partial charge is 0.225 e. The molecule has 2 aliphatic heterocycles. The molecule has 1 aromatic heterocycles. The molecule has 176 valence electrons. The Hall–Kier alpha value is -2.31. The molecule has 3 aliphatic rings. The van der Waals surface area contributed by atoms with Crippen LogP contribution in [0.1, 0.15) is 37.7 Å². The van der Waals surface area contributed by atoms with Gasteiger partial charge in [-0.1, -0.05) is 23.7 Å². The number of benzene rings is 1. The van der Waals surface area contributed by atoms with E-state index in [-0.39, 0.29) is 17.9 Å². The Labute approximate surface area is 201 Å². The third kappa shape index (κ3) is 5.98. The number of carbonyl (C=O) groups excluding carboxylic acids is 1. The summed E-state index contributed by atoms with van der Waals surface area (Å²) < 4.78 is 5.88. The number of likely N-dealkylation sites (tertiary alicyclic amines) is 1. The van der Waals surface area contributed by atoms with E-state index in [1.807, 2.05) is 30.3 Å². The summed E-state index contributed by atoms with van der Waals surface area (Å²) in [5.41, 5.74) is 1.13. The minimum atomic E-state index is -0.00834. The van der Waals surface area contributed by atoms with E-state index in [2.05, 4.69) is 26.2 Å². The Morgan fingerprint density at radius 2 is 2.00 bits per heavy atom. The monoisotopic (exact) mass is 468 g/mol. The summed E-state index contributed by atoms with van der Waals surface area (Å²) in [5, 5.41) is 4.04. The number of amides is 1. The van der Waals surface area contributed by atoms with E-state index < -0.39 is 0 Å². The van der Waals surface area contributed by atoms with Gasteiger partial charge < -0.3 is 19.9 Å². The van der Waals surface area contributed by atoms with E-state index >= 15 is 0 Å². The molecule has 3 fully saturated rings. The van der Waals surface area contributed by atoms with Gasteiger partial charge in [-0.2, -0.15) is 0 Å². The minimum Gasteiger partial charge on any atom is -0.489 e. The highest BCUT2D eigenvalue weighted by atomic mass is 35.5. The van der Waals surface area contributed by atoms with Crippen molar-refractivity contribution in [3.05, 3.63) is 53.2 Å². The topological polar surface area (TPSA) is 57.7 Å². The summed E-state index contributed by atoms with van der Waals surface area (Å²) >= 11 is 6.50. The van der Waals surface area contributed by atoms with Gasteiger partial charge in [0.05, 0.1) is 17.0 Å². The van der Waals surface area contributed by atoms with Crippen molar-refractivity contribution in [2.24, 2.45) is 5.92 Å². The molecule has 1 aromatic carbocycles. The number of hydrogen-bond donors (Lipinski definition) is 1. The van der Waals surface area contributed by atoms with E-state index in [0.717, 1.165) is 75.5 Å². The van der Waals surface area contributed by atoms with Crippen molar-refractivity contribution >= 4 is 23.3 Å². The molecule has 1 amide bonds. The maximum atomic E-state index is 13.2. The van der Waals surface area contributed by atoms with Crippen LogP contribution in [0.4, 0.5) is 5.82 Å². The average Bonchev–Trinajstić information content (AvgIpc) is 3.26. The van der Waals surface area contributed by atoms with Gasteiger partial charge in [-0.05, 0) is 81.4 Å². The molecule has 2 aromatic rings. The molecule has 7 heteroatoms. The molecule has 1 N–H and O–H groups in total. The molecule has 1 saturated carbocycles. The molecule has 2 unspecified atom stereocenters. The van der Waals surface area contributed by atoms with Crippen LogP contribution in [0.2, 0.25) is 5.02 Å². The molecule has 0 radical (unpaired) electrons. The van der Waals surface area contributed by atoms with E-state index in [0.29, 0.717) is 11.1 Å². The Morgan fingerprint density at radius 3 is 2.73 bits per heavy atom. The minimum absolute atomic E-state index is 0.00834. The van der Waals surface area contributed by atoms with Crippen LogP contribution in [0.25, 0.3) is 0 Å². The van der Waals surface area contributed by atoms with Crippen LogP contribution in [0.15, 0.2) is 42.6 Å². The highest BCUT2D eigenvalue weighted by Crippen LogP contribution is 2.32. The van der Waals surface area contributed by atoms with Crippen LogP contribution >= 0.6 is 11.6 Å². The standard InChI is InChI=1S/C26H33ClN4O2/c27-23-16-19(6-9-24(23)33-22-7-8-22)15-21(18-30-12-3-4-13-30)29-26(32)20-10-14-31(17-20)25-5-1-2-11-28-25/h1-2,5-6,9,11,16,20-22H,3-4,7-8,10,12-15,17-18H2,(H,29,32). The lowest BCUT2D eigenvalue weighted by Crippen LogP contribution is -2.46. The van der Waals surface area contributed by atoms with Gasteiger partial charge in [0.2, 0.25) is 5.91 Å². The Balaban J connectivity index is 1.22. The number of pyridine rings is 1. The zero-order valence-corrected chi connectivity index (χ0v) is 19.8. The quantitative estimate of drug-likeness (QED) is 0.604. The zero-order chi connectivity index (χ0) is 22.6. The molecular formula is C26H33ClN4O2. The van der Waals surface area contributed by atoms with Gasteiger partial charge in [-0.3, -0.25) is 4.79 Å². The van der Waals surface area contributed by atoms with Crippen molar-refractivity contribution in [1.29, 1.82) is 0 Å². The molecule has 3 heterocycles. The number of aromatic nitrogens is 1. The van der Waals surface area contributed by atoms with Gasteiger partial charge in [0.1, 0.15) is 11.6 Å². The van der Waals surface area contributed by atoms with Crippen LogP contribution in [0.5, 0.6) is 5.75 Å². The van der Waals surface area contributed by atoms with Crippen LogP contribution in [-0.2, 0) is 11.2 Å². The SMILES string of the molecule is O=C(NC(Cc1ccc(OC2CC2)c(Cl)c1)CN1CCCC1)C1CCN(c2ccccn2)C1. The summed E-state index contributed by atoms with van der Waals surface area (Å²) in [4.78, 5) is 22.3. The summed E-state index contributed by atoms with van der Waals surface area (Å²) in [6.45, 7) is 4.68. The van der Waals surface area contributed by atoms with Gasteiger partial charge in [-0.15, -0.1) is 0 Å². The number of carbonyl (C=O) groups is 1. The fraction of sp³-hybridized carbons (Fsp3) is 0.538. The second kappa shape index (κ2) is 10.3. The van der Waals surface area contributed by atoms with Crippen molar-refractivity contribution in [2.45, 2.75) is 50.7 Å². The van der Waals surface area contributed by atoms with Crippen LogP contribution in [0, 0.1) is 5.92 Å². The van der Waals surface area contributed by atoms with Crippen molar-refractivity contribution in [2.75, 3.05) is 37.6 Å². The number of ether oxygens (including phenoxy) is 1. The van der Waals surface area contributed by atoms with Crippen molar-refractivity contribution in [1.82, 2.24) is 15.2 Å². The Morgan fingerprint density at radius 1 is 1.15 bits per heavy atom. The normalized spacial score (nSPS) is 21.8. The molecular weight excluding hydrogens is 436 g/mol. The molecule has 1 aliphatic carbocycles. The van der Waals surface area contributed by atoms with Crippen molar-refractivity contribution < 1.29 is 9.53 Å². The molecule has 2 atom stereocenters. The highest BCUT2D eigenvalue weighted by molar-refractivity contribution is 6.32. The summed E-state index contributed by atoms with van der Waals surface area (Å²) in [7, 11) is 0. The third-order valence-corrected chi connectivity index (χ3v) is 7.15. The lowest BCUT2D eigenvalue weighted by Gasteiger charge is -2.26. The fourth-order valence-electron chi connectivity index (χ4n) is 4.90. The first-order valence-electron chi connectivity index (χ1n) is 12.3. The lowest BCUT2D eigenvalue weighted by atomic mass is 10.0. The van der Waals surface area contributed by atoms with Gasteiger partial charge >= 0.3 is 0 Å². The number of halogens is 1. The summed E-state index contributed by atoms with van der Waals surface area (Å²) in [6, 6.07) is 12.1. The van der Waals surface area contributed by atoms with Crippen LogP contribution < -0.4 is 15.0 Å². The number of nitrogens with zero attached hydrogens (tertiary/aromatic N) is 3. The highest BCUT2D eigenvalue weighted by Gasteiger charge is 2.31. The zero-order valence-electron chi connectivity index (χ0n) is 19.1. The molecule has 0 bridgehead atoms. The van der Waals surface area contributed by atoms with E-state index in [1.54, 1.807) is 6.20 Å². The van der Waals surface area contributed by atoms with Crippen molar-refractivity contribution in [3.63, 3.8) is 0 Å². The number of nitrogens with one attached hydrogen (secondary N) is 1. The number of anilines is 1. The largest absolute Gasteiger partial charge is 0.489 e. The Kier molecular flexibility index (Phi) is 7.02. The first-order chi connectivity index (χ1) is 16.1. The molecule has 6 nitrogen and oxygen atoms in total. The second-order valence-electron chi connectivity index (χ2n) is 9.62. The lowest BCUT2D eigenvalue weighted by molar-refractivity contribution is -0.125. The van der Waals surface area contributed by atoms with E-state index in [1.165, 1.54) is 12.8 Å². The molecule has 33 heavy (non-hydrogen) atoms. The summed E-state index contributed by atoms with van der Waals surface area (Å²) in [5.74, 6) is 1.86. The summed E-state index contributed by atoms with van der Waals surface area (Å²) in [6.07, 6.45) is 8.46. The number of hydrogen-bond acceptors (Lipinski definition) is 5. The van der Waals surface area contributed by atoms with Gasteiger partial charge in [0.25, 0.3) is 0 Å². The first kappa shape index (κ1) is 22.5. The van der Waals surface area contributed by atoms with Gasteiger partial charge in [0, 0.05) is 31.9 Å². The van der Waals surface area contributed by atoms with Gasteiger partial charge in [0.15, 0.2) is 0 Å². The molecule has 2 saturated heterocycles. The predicted octanol–water partition coefficient (Wildman–Crippen LogP) is 3.93. The first-order valence-corrected chi connectivity index (χ1v) is 12.7. The maximum Gasteiger partial charge on any atom is 0.225 e. The second-order valence-corrected chi connectivity index (χ2v) is 10.0. The maximum absolute atomic E-state index is 13.2.